The van der Waals surface area contributed by atoms with Crippen molar-refractivity contribution >= 4 is 0 Å². The van der Waals surface area contributed by atoms with Gasteiger partial charge in [-0.15, -0.1) is 0 Å². The Hall–Kier alpha value is -0.800. The molecule has 1 aromatic rings. The van der Waals surface area contributed by atoms with Crippen LogP contribution in [0.5, 0.6) is 0 Å². The fraction of sp³-hybridized carbons (Fsp3) is 0.714. The normalized spacial score (nSPS) is 21.5. The highest BCUT2D eigenvalue weighted by atomic mass is 16.3. The molecule has 0 bridgehead atoms. The Labute approximate surface area is 104 Å². The van der Waals surface area contributed by atoms with Gasteiger partial charge in [0, 0.05) is 12.1 Å². The van der Waals surface area contributed by atoms with Gasteiger partial charge >= 0.3 is 0 Å². The third-order valence-corrected chi connectivity index (χ3v) is 4.10. The Morgan fingerprint density at radius 3 is 2.71 bits per heavy atom. The van der Waals surface area contributed by atoms with Crippen molar-refractivity contribution in [1.82, 2.24) is 4.90 Å². The van der Waals surface area contributed by atoms with Crippen LogP contribution >= 0.6 is 0 Å². The van der Waals surface area contributed by atoms with E-state index in [0.29, 0.717) is 6.04 Å². The molecule has 1 aromatic heterocycles. The van der Waals surface area contributed by atoms with Crippen LogP contribution in [0.4, 0.5) is 0 Å². The molecule has 96 valence electrons. The van der Waals surface area contributed by atoms with Crippen molar-refractivity contribution in [3.8, 4) is 0 Å². The summed E-state index contributed by atoms with van der Waals surface area (Å²) in [6.07, 6.45) is 5.42. The Morgan fingerprint density at radius 1 is 1.53 bits per heavy atom. The van der Waals surface area contributed by atoms with Gasteiger partial charge in [0.25, 0.3) is 0 Å². The van der Waals surface area contributed by atoms with Gasteiger partial charge < -0.3 is 10.2 Å². The van der Waals surface area contributed by atoms with Crippen LogP contribution in [0.15, 0.2) is 22.8 Å². The molecule has 0 saturated heterocycles. The fourth-order valence-corrected chi connectivity index (χ4v) is 2.56. The van der Waals surface area contributed by atoms with Crippen LogP contribution in [0, 0.1) is 5.92 Å². The van der Waals surface area contributed by atoms with Gasteiger partial charge in [0.15, 0.2) is 0 Å². The molecular formula is C14H24N2O. The maximum atomic E-state index is 6.27. The molecule has 3 nitrogen and oxygen atoms in total. The summed E-state index contributed by atoms with van der Waals surface area (Å²) in [7, 11) is 2.17. The Bertz CT molecular complexity index is 332. The van der Waals surface area contributed by atoms with Crippen LogP contribution in [0.1, 0.15) is 44.9 Å². The lowest BCUT2D eigenvalue weighted by Gasteiger charge is -2.35. The van der Waals surface area contributed by atoms with Gasteiger partial charge in [0.1, 0.15) is 5.76 Å². The predicted molar refractivity (Wildman–Crippen MR) is 69.7 cm³/mol. The van der Waals surface area contributed by atoms with E-state index in [4.69, 9.17) is 10.2 Å². The molecule has 0 aliphatic heterocycles. The Kier molecular flexibility index (Phi) is 3.89. The fourth-order valence-electron chi connectivity index (χ4n) is 2.56. The second-order valence-electron chi connectivity index (χ2n) is 5.28. The molecule has 0 radical (unpaired) electrons. The van der Waals surface area contributed by atoms with Gasteiger partial charge in [-0.25, -0.2) is 0 Å². The van der Waals surface area contributed by atoms with E-state index in [1.54, 1.807) is 6.26 Å². The summed E-state index contributed by atoms with van der Waals surface area (Å²) in [5.74, 6) is 1.84. The van der Waals surface area contributed by atoms with Gasteiger partial charge in [-0.05, 0) is 51.3 Å². The number of hydrogen-bond acceptors (Lipinski definition) is 3. The molecular weight excluding hydrogens is 212 g/mol. The lowest BCUT2D eigenvalue weighted by Crippen LogP contribution is -2.43. The van der Waals surface area contributed by atoms with Crippen LogP contribution in [-0.4, -0.2) is 24.0 Å². The molecule has 0 aromatic carbocycles. The first-order valence-corrected chi connectivity index (χ1v) is 6.66. The maximum Gasteiger partial charge on any atom is 0.122 e. The van der Waals surface area contributed by atoms with Crippen molar-refractivity contribution in [3.63, 3.8) is 0 Å². The zero-order chi connectivity index (χ0) is 12.4. The largest absolute Gasteiger partial charge is 0.468 e. The molecule has 17 heavy (non-hydrogen) atoms. The minimum atomic E-state index is 0.132. The highest BCUT2D eigenvalue weighted by molar-refractivity contribution is 5.08. The SMILES string of the molecule is CCC(N)C(c1ccco1)N(C)C(C)C1CC1. The van der Waals surface area contributed by atoms with Crippen LogP contribution in [0.2, 0.25) is 0 Å². The van der Waals surface area contributed by atoms with Crippen LogP contribution < -0.4 is 5.73 Å². The van der Waals surface area contributed by atoms with E-state index in [0.717, 1.165) is 18.1 Å². The number of nitrogens with zero attached hydrogens (tertiary/aromatic N) is 1. The molecule has 2 rings (SSSR count). The Morgan fingerprint density at radius 2 is 2.24 bits per heavy atom. The van der Waals surface area contributed by atoms with Gasteiger partial charge in [-0.2, -0.15) is 0 Å². The number of hydrogen-bond donors (Lipinski definition) is 1. The molecule has 1 saturated carbocycles. The summed E-state index contributed by atoms with van der Waals surface area (Å²) >= 11 is 0. The van der Waals surface area contributed by atoms with E-state index in [1.807, 2.05) is 12.1 Å². The monoisotopic (exact) mass is 236 g/mol. The summed E-state index contributed by atoms with van der Waals surface area (Å²) in [5, 5.41) is 0. The molecule has 1 heterocycles. The Balaban J connectivity index is 2.14. The quantitative estimate of drug-likeness (QED) is 0.826. The minimum Gasteiger partial charge on any atom is -0.468 e. The smallest absolute Gasteiger partial charge is 0.122 e. The van der Waals surface area contributed by atoms with Crippen molar-refractivity contribution in [1.29, 1.82) is 0 Å². The number of likely N-dealkylation sites (N-methyl/N-ethyl adjacent to an activating group) is 1. The molecule has 0 spiro atoms. The summed E-state index contributed by atoms with van der Waals surface area (Å²) < 4.78 is 5.57. The maximum absolute atomic E-state index is 6.27. The molecule has 0 amide bonds. The first-order valence-electron chi connectivity index (χ1n) is 6.66. The minimum absolute atomic E-state index is 0.132. The van der Waals surface area contributed by atoms with Gasteiger partial charge in [-0.1, -0.05) is 6.92 Å². The molecule has 1 fully saturated rings. The van der Waals surface area contributed by atoms with Crippen LogP contribution in [-0.2, 0) is 0 Å². The summed E-state index contributed by atoms with van der Waals surface area (Å²) in [6, 6.07) is 4.90. The van der Waals surface area contributed by atoms with E-state index in [2.05, 4.69) is 25.8 Å². The first-order chi connectivity index (χ1) is 8.15. The summed E-state index contributed by atoms with van der Waals surface area (Å²) in [4.78, 5) is 2.39. The zero-order valence-electron chi connectivity index (χ0n) is 11.1. The summed E-state index contributed by atoms with van der Waals surface area (Å²) in [6.45, 7) is 4.44. The predicted octanol–water partition coefficient (Wildman–Crippen LogP) is 2.79. The van der Waals surface area contributed by atoms with E-state index in [9.17, 15) is 0 Å². The van der Waals surface area contributed by atoms with Gasteiger partial charge in [-0.3, -0.25) is 4.90 Å². The van der Waals surface area contributed by atoms with Gasteiger partial charge in [0.2, 0.25) is 0 Å². The van der Waals surface area contributed by atoms with Crippen LogP contribution in [0.3, 0.4) is 0 Å². The third kappa shape index (κ3) is 2.72. The van der Waals surface area contributed by atoms with Gasteiger partial charge in [0.05, 0.1) is 12.3 Å². The number of rotatable bonds is 6. The van der Waals surface area contributed by atoms with E-state index in [1.165, 1.54) is 12.8 Å². The zero-order valence-corrected chi connectivity index (χ0v) is 11.1. The molecule has 1 aliphatic rings. The van der Waals surface area contributed by atoms with E-state index >= 15 is 0 Å². The van der Waals surface area contributed by atoms with Crippen molar-refractivity contribution in [3.05, 3.63) is 24.2 Å². The molecule has 3 atom stereocenters. The van der Waals surface area contributed by atoms with Crippen molar-refractivity contribution in [2.75, 3.05) is 7.05 Å². The van der Waals surface area contributed by atoms with Crippen LogP contribution in [0.25, 0.3) is 0 Å². The van der Waals surface area contributed by atoms with E-state index in [-0.39, 0.29) is 12.1 Å². The molecule has 3 heteroatoms. The third-order valence-electron chi connectivity index (χ3n) is 4.10. The lowest BCUT2D eigenvalue weighted by atomic mass is 10.00. The molecule has 1 aliphatic carbocycles. The summed E-state index contributed by atoms with van der Waals surface area (Å²) in [5.41, 5.74) is 6.27. The number of furan rings is 1. The van der Waals surface area contributed by atoms with Crippen molar-refractivity contribution in [2.45, 2.75) is 51.2 Å². The van der Waals surface area contributed by atoms with E-state index < -0.39 is 0 Å². The molecule has 3 unspecified atom stereocenters. The second kappa shape index (κ2) is 5.23. The van der Waals surface area contributed by atoms with Crippen molar-refractivity contribution < 1.29 is 4.42 Å². The van der Waals surface area contributed by atoms with Crippen molar-refractivity contribution in [2.24, 2.45) is 11.7 Å². The average molecular weight is 236 g/mol. The topological polar surface area (TPSA) is 42.4 Å². The lowest BCUT2D eigenvalue weighted by molar-refractivity contribution is 0.125. The standard InChI is InChI=1S/C14H24N2O/c1-4-12(15)14(13-6-5-9-17-13)16(3)10(2)11-7-8-11/h5-6,9-12,14H,4,7-8,15H2,1-3H3. The first kappa shape index (κ1) is 12.7. The average Bonchev–Trinajstić information content (AvgIpc) is 3.06. The highest BCUT2D eigenvalue weighted by Gasteiger charge is 2.36. The molecule has 2 N–H and O–H groups in total. The highest BCUT2D eigenvalue weighted by Crippen LogP contribution is 2.38. The number of nitrogens with two attached hydrogens (primary N) is 1. The second-order valence-corrected chi connectivity index (χ2v) is 5.28.